The van der Waals surface area contributed by atoms with Crippen LogP contribution in [0.25, 0.3) is 11.5 Å². The third-order valence-corrected chi connectivity index (χ3v) is 2.73. The van der Waals surface area contributed by atoms with Gasteiger partial charge < -0.3 is 10.3 Å². The van der Waals surface area contributed by atoms with E-state index >= 15 is 0 Å². The SMILES string of the molecule is Cc1cc(Cl)ccc1-c1nc(CCCN)no1. The van der Waals surface area contributed by atoms with Gasteiger partial charge in [0.05, 0.1) is 0 Å². The van der Waals surface area contributed by atoms with Crippen molar-refractivity contribution in [2.24, 2.45) is 5.73 Å². The Morgan fingerprint density at radius 2 is 2.24 bits per heavy atom. The Balaban J connectivity index is 2.24. The van der Waals surface area contributed by atoms with Gasteiger partial charge in [-0.1, -0.05) is 16.8 Å². The second-order valence-corrected chi connectivity index (χ2v) is 4.30. The minimum atomic E-state index is 0.534. The maximum Gasteiger partial charge on any atom is 0.258 e. The lowest BCUT2D eigenvalue weighted by molar-refractivity contribution is 0.421. The van der Waals surface area contributed by atoms with E-state index in [1.54, 1.807) is 0 Å². The number of rotatable bonds is 4. The molecule has 0 amide bonds. The molecule has 0 aliphatic rings. The maximum absolute atomic E-state index is 5.90. The van der Waals surface area contributed by atoms with Crippen LogP contribution in [0.3, 0.4) is 0 Å². The Labute approximate surface area is 105 Å². The highest BCUT2D eigenvalue weighted by Gasteiger charge is 2.10. The van der Waals surface area contributed by atoms with E-state index in [1.807, 2.05) is 25.1 Å². The number of halogens is 1. The summed E-state index contributed by atoms with van der Waals surface area (Å²) in [6, 6.07) is 5.58. The average Bonchev–Trinajstić information content (AvgIpc) is 2.75. The summed E-state index contributed by atoms with van der Waals surface area (Å²) in [5.41, 5.74) is 7.37. The number of hydrogen-bond donors (Lipinski definition) is 1. The molecule has 1 aromatic heterocycles. The van der Waals surface area contributed by atoms with Crippen LogP contribution in [0.1, 0.15) is 17.8 Å². The van der Waals surface area contributed by atoms with Gasteiger partial charge in [0.2, 0.25) is 0 Å². The lowest BCUT2D eigenvalue weighted by Crippen LogP contribution is -2.01. The van der Waals surface area contributed by atoms with Crippen LogP contribution in [0.15, 0.2) is 22.7 Å². The number of hydrogen-bond acceptors (Lipinski definition) is 4. The summed E-state index contributed by atoms with van der Waals surface area (Å²) >= 11 is 5.90. The van der Waals surface area contributed by atoms with E-state index in [-0.39, 0.29) is 0 Å². The molecular weight excluding hydrogens is 238 g/mol. The van der Waals surface area contributed by atoms with E-state index in [9.17, 15) is 0 Å². The first-order valence-corrected chi connectivity index (χ1v) is 5.87. The van der Waals surface area contributed by atoms with E-state index in [0.717, 1.165) is 24.0 Å². The summed E-state index contributed by atoms with van der Waals surface area (Å²) in [5, 5.41) is 4.62. The highest BCUT2D eigenvalue weighted by molar-refractivity contribution is 6.30. The first-order valence-electron chi connectivity index (χ1n) is 5.50. The first-order chi connectivity index (χ1) is 8.20. The molecule has 0 fully saturated rings. The van der Waals surface area contributed by atoms with Gasteiger partial charge in [0, 0.05) is 17.0 Å². The highest BCUT2D eigenvalue weighted by Crippen LogP contribution is 2.24. The highest BCUT2D eigenvalue weighted by atomic mass is 35.5. The summed E-state index contributed by atoms with van der Waals surface area (Å²) in [6.07, 6.45) is 1.60. The van der Waals surface area contributed by atoms with Gasteiger partial charge in [0.15, 0.2) is 5.82 Å². The standard InChI is InChI=1S/C12H14ClN3O/c1-8-7-9(13)4-5-10(8)12-15-11(16-17-12)3-2-6-14/h4-5,7H,2-3,6,14H2,1H3. The van der Waals surface area contributed by atoms with Crippen LogP contribution >= 0.6 is 11.6 Å². The molecule has 0 saturated carbocycles. The molecule has 17 heavy (non-hydrogen) atoms. The van der Waals surface area contributed by atoms with Gasteiger partial charge in [0.25, 0.3) is 5.89 Å². The first kappa shape index (κ1) is 12.1. The Hall–Kier alpha value is -1.39. The van der Waals surface area contributed by atoms with Gasteiger partial charge in [-0.15, -0.1) is 0 Å². The largest absolute Gasteiger partial charge is 0.334 e. The predicted molar refractivity (Wildman–Crippen MR) is 66.9 cm³/mol. The third kappa shape index (κ3) is 2.84. The molecular formula is C12H14ClN3O. The van der Waals surface area contributed by atoms with Crippen molar-refractivity contribution in [2.75, 3.05) is 6.54 Å². The van der Waals surface area contributed by atoms with Crippen LogP contribution in [0.4, 0.5) is 0 Å². The molecule has 0 aliphatic heterocycles. The quantitative estimate of drug-likeness (QED) is 0.907. The molecule has 2 rings (SSSR count). The second kappa shape index (κ2) is 5.29. The van der Waals surface area contributed by atoms with Crippen molar-refractivity contribution < 1.29 is 4.52 Å². The number of nitrogens with two attached hydrogens (primary N) is 1. The van der Waals surface area contributed by atoms with Crippen molar-refractivity contribution in [1.82, 2.24) is 10.1 Å². The predicted octanol–water partition coefficient (Wildman–Crippen LogP) is 2.59. The van der Waals surface area contributed by atoms with Gasteiger partial charge >= 0.3 is 0 Å². The molecule has 0 radical (unpaired) electrons. The van der Waals surface area contributed by atoms with E-state index < -0.39 is 0 Å². The molecule has 0 bridgehead atoms. The minimum Gasteiger partial charge on any atom is -0.334 e. The summed E-state index contributed by atoms with van der Waals surface area (Å²) < 4.78 is 5.22. The van der Waals surface area contributed by atoms with E-state index in [1.165, 1.54) is 0 Å². The van der Waals surface area contributed by atoms with Gasteiger partial charge in [-0.05, 0) is 43.7 Å². The zero-order valence-electron chi connectivity index (χ0n) is 9.61. The second-order valence-electron chi connectivity index (χ2n) is 3.87. The van der Waals surface area contributed by atoms with E-state index in [2.05, 4.69) is 10.1 Å². The summed E-state index contributed by atoms with van der Waals surface area (Å²) in [7, 11) is 0. The minimum absolute atomic E-state index is 0.534. The van der Waals surface area contributed by atoms with Crippen molar-refractivity contribution >= 4 is 11.6 Å². The molecule has 1 heterocycles. The molecule has 90 valence electrons. The van der Waals surface area contributed by atoms with Crippen LogP contribution < -0.4 is 5.73 Å². The molecule has 4 nitrogen and oxygen atoms in total. The number of benzene rings is 1. The summed E-state index contributed by atoms with van der Waals surface area (Å²) in [6.45, 7) is 2.59. The van der Waals surface area contributed by atoms with Gasteiger partial charge in [-0.2, -0.15) is 4.98 Å². The zero-order chi connectivity index (χ0) is 12.3. The Kier molecular flexibility index (Phi) is 3.76. The Morgan fingerprint density at radius 1 is 1.41 bits per heavy atom. The Bertz CT molecular complexity index is 510. The van der Waals surface area contributed by atoms with E-state index in [4.69, 9.17) is 21.9 Å². The smallest absolute Gasteiger partial charge is 0.258 e. The molecule has 0 atom stereocenters. The topological polar surface area (TPSA) is 64.9 Å². The van der Waals surface area contributed by atoms with Crippen LogP contribution in [0, 0.1) is 6.92 Å². The fourth-order valence-corrected chi connectivity index (χ4v) is 1.82. The molecule has 0 aliphatic carbocycles. The molecule has 0 saturated heterocycles. The van der Waals surface area contributed by atoms with Gasteiger partial charge in [0.1, 0.15) is 0 Å². The average molecular weight is 252 g/mol. The van der Waals surface area contributed by atoms with Gasteiger partial charge in [-0.25, -0.2) is 0 Å². The van der Waals surface area contributed by atoms with Crippen LogP contribution in [-0.2, 0) is 6.42 Å². The third-order valence-electron chi connectivity index (χ3n) is 2.49. The lowest BCUT2D eigenvalue weighted by atomic mass is 10.1. The van der Waals surface area contributed by atoms with Crippen LogP contribution in [-0.4, -0.2) is 16.7 Å². The molecule has 5 heteroatoms. The molecule has 2 aromatic rings. The Morgan fingerprint density at radius 3 is 2.94 bits per heavy atom. The van der Waals surface area contributed by atoms with Crippen molar-refractivity contribution in [1.29, 1.82) is 0 Å². The lowest BCUT2D eigenvalue weighted by Gasteiger charge is -2.00. The molecule has 2 N–H and O–H groups in total. The number of aryl methyl sites for hydroxylation is 2. The van der Waals surface area contributed by atoms with Crippen LogP contribution in [0.5, 0.6) is 0 Å². The van der Waals surface area contributed by atoms with Crippen LogP contribution in [0.2, 0.25) is 5.02 Å². The van der Waals surface area contributed by atoms with Crippen molar-refractivity contribution in [2.45, 2.75) is 19.8 Å². The number of aromatic nitrogens is 2. The summed E-state index contributed by atoms with van der Waals surface area (Å²) in [4.78, 5) is 4.33. The molecule has 0 unspecified atom stereocenters. The van der Waals surface area contributed by atoms with Gasteiger partial charge in [-0.3, -0.25) is 0 Å². The monoisotopic (exact) mass is 251 g/mol. The summed E-state index contributed by atoms with van der Waals surface area (Å²) in [5.74, 6) is 1.23. The zero-order valence-corrected chi connectivity index (χ0v) is 10.4. The fraction of sp³-hybridized carbons (Fsp3) is 0.333. The van der Waals surface area contributed by atoms with E-state index in [0.29, 0.717) is 23.3 Å². The molecule has 1 aromatic carbocycles. The fourth-order valence-electron chi connectivity index (χ4n) is 1.59. The van der Waals surface area contributed by atoms with Crippen molar-refractivity contribution in [3.05, 3.63) is 34.6 Å². The van der Waals surface area contributed by atoms with Crippen molar-refractivity contribution in [3.63, 3.8) is 0 Å². The number of nitrogens with zero attached hydrogens (tertiary/aromatic N) is 2. The van der Waals surface area contributed by atoms with Crippen molar-refractivity contribution in [3.8, 4) is 11.5 Å². The normalized spacial score (nSPS) is 10.8. The maximum atomic E-state index is 5.90. The molecule has 0 spiro atoms.